The van der Waals surface area contributed by atoms with Crippen molar-refractivity contribution in [2.24, 2.45) is 0 Å². The maximum atomic E-state index is 13.7. The lowest BCUT2D eigenvalue weighted by atomic mass is 10.1. The van der Waals surface area contributed by atoms with Crippen LogP contribution in [0.15, 0.2) is 42.5 Å². The summed E-state index contributed by atoms with van der Waals surface area (Å²) >= 11 is 0. The molecule has 2 rings (SSSR count). The standard InChI is InChI=1S/C15H17FN2O/c1-10(12-5-3-4-6-13(12)16)18-11-7-8-14(17)15(9-11)19-2/h3-10,18H,17H2,1-2H3. The molecule has 0 saturated carbocycles. The first-order chi connectivity index (χ1) is 9.11. The maximum absolute atomic E-state index is 13.7. The summed E-state index contributed by atoms with van der Waals surface area (Å²) in [7, 11) is 1.57. The lowest BCUT2D eigenvalue weighted by Gasteiger charge is -2.17. The van der Waals surface area contributed by atoms with Gasteiger partial charge in [-0.3, -0.25) is 0 Å². The van der Waals surface area contributed by atoms with E-state index < -0.39 is 0 Å². The summed E-state index contributed by atoms with van der Waals surface area (Å²) in [5, 5.41) is 3.23. The van der Waals surface area contributed by atoms with E-state index in [1.54, 1.807) is 31.4 Å². The van der Waals surface area contributed by atoms with Gasteiger partial charge in [-0.1, -0.05) is 18.2 Å². The van der Waals surface area contributed by atoms with E-state index >= 15 is 0 Å². The molecular formula is C15H17FN2O. The van der Waals surface area contributed by atoms with Gasteiger partial charge in [0.1, 0.15) is 11.6 Å². The minimum atomic E-state index is -0.218. The quantitative estimate of drug-likeness (QED) is 0.826. The van der Waals surface area contributed by atoms with Crippen LogP contribution in [0, 0.1) is 5.82 Å². The van der Waals surface area contributed by atoms with Crippen molar-refractivity contribution in [2.45, 2.75) is 13.0 Å². The molecule has 3 nitrogen and oxygen atoms in total. The van der Waals surface area contributed by atoms with Gasteiger partial charge in [-0.15, -0.1) is 0 Å². The number of ether oxygens (including phenoxy) is 1. The van der Waals surface area contributed by atoms with E-state index in [0.29, 0.717) is 17.0 Å². The first-order valence-electron chi connectivity index (χ1n) is 6.06. The van der Waals surface area contributed by atoms with E-state index in [1.807, 2.05) is 19.1 Å². The van der Waals surface area contributed by atoms with Gasteiger partial charge >= 0.3 is 0 Å². The van der Waals surface area contributed by atoms with Crippen LogP contribution in [0.2, 0.25) is 0 Å². The largest absolute Gasteiger partial charge is 0.495 e. The Hall–Kier alpha value is -2.23. The summed E-state index contributed by atoms with van der Waals surface area (Å²) in [4.78, 5) is 0. The Morgan fingerprint density at radius 2 is 1.95 bits per heavy atom. The van der Waals surface area contributed by atoms with E-state index in [9.17, 15) is 4.39 Å². The second-order valence-corrected chi connectivity index (χ2v) is 4.34. The average Bonchev–Trinajstić information content (AvgIpc) is 2.41. The number of nitrogens with one attached hydrogen (secondary N) is 1. The van der Waals surface area contributed by atoms with Crippen LogP contribution in [0.3, 0.4) is 0 Å². The molecule has 0 heterocycles. The second kappa shape index (κ2) is 5.61. The molecule has 2 aromatic carbocycles. The highest BCUT2D eigenvalue weighted by molar-refractivity contribution is 5.61. The van der Waals surface area contributed by atoms with Gasteiger partial charge in [0.05, 0.1) is 18.8 Å². The van der Waals surface area contributed by atoms with Crippen LogP contribution in [0.4, 0.5) is 15.8 Å². The molecule has 3 N–H and O–H groups in total. The minimum Gasteiger partial charge on any atom is -0.495 e. The first kappa shape index (κ1) is 13.2. The predicted octanol–water partition coefficient (Wildman–Crippen LogP) is 3.59. The zero-order chi connectivity index (χ0) is 13.8. The molecule has 100 valence electrons. The Morgan fingerprint density at radius 3 is 2.63 bits per heavy atom. The monoisotopic (exact) mass is 260 g/mol. The van der Waals surface area contributed by atoms with Crippen molar-refractivity contribution in [3.05, 3.63) is 53.8 Å². The molecule has 0 radical (unpaired) electrons. The summed E-state index contributed by atoms with van der Waals surface area (Å²) in [5.74, 6) is 0.385. The van der Waals surface area contributed by atoms with Crippen LogP contribution in [0.25, 0.3) is 0 Å². The van der Waals surface area contributed by atoms with Crippen LogP contribution in [-0.2, 0) is 0 Å². The molecule has 0 spiro atoms. The van der Waals surface area contributed by atoms with E-state index in [-0.39, 0.29) is 11.9 Å². The molecule has 0 aliphatic rings. The fourth-order valence-corrected chi connectivity index (χ4v) is 1.95. The van der Waals surface area contributed by atoms with Gasteiger partial charge < -0.3 is 15.8 Å². The topological polar surface area (TPSA) is 47.3 Å². The number of halogens is 1. The molecule has 0 fully saturated rings. The van der Waals surface area contributed by atoms with Crippen molar-refractivity contribution in [1.29, 1.82) is 0 Å². The number of benzene rings is 2. The van der Waals surface area contributed by atoms with Crippen LogP contribution in [-0.4, -0.2) is 7.11 Å². The van der Waals surface area contributed by atoms with E-state index in [1.165, 1.54) is 6.07 Å². The molecule has 2 aromatic rings. The summed E-state index contributed by atoms with van der Waals surface area (Å²) in [6.45, 7) is 1.90. The molecule has 1 unspecified atom stereocenters. The molecule has 0 amide bonds. The van der Waals surface area contributed by atoms with Crippen molar-refractivity contribution in [2.75, 3.05) is 18.2 Å². The van der Waals surface area contributed by atoms with Crippen molar-refractivity contribution < 1.29 is 9.13 Å². The molecule has 0 bridgehead atoms. The van der Waals surface area contributed by atoms with Crippen LogP contribution < -0.4 is 15.8 Å². The fraction of sp³-hybridized carbons (Fsp3) is 0.200. The van der Waals surface area contributed by atoms with Crippen LogP contribution >= 0.6 is 0 Å². The van der Waals surface area contributed by atoms with Crippen molar-refractivity contribution in [3.63, 3.8) is 0 Å². The Labute approximate surface area is 112 Å². The van der Waals surface area contributed by atoms with Crippen molar-refractivity contribution >= 4 is 11.4 Å². The highest BCUT2D eigenvalue weighted by Gasteiger charge is 2.10. The second-order valence-electron chi connectivity index (χ2n) is 4.34. The highest BCUT2D eigenvalue weighted by Crippen LogP contribution is 2.28. The van der Waals surface area contributed by atoms with Gasteiger partial charge in [-0.05, 0) is 25.1 Å². The Morgan fingerprint density at radius 1 is 1.21 bits per heavy atom. The normalized spacial score (nSPS) is 11.9. The number of hydrogen-bond acceptors (Lipinski definition) is 3. The van der Waals surface area contributed by atoms with E-state index in [2.05, 4.69) is 5.32 Å². The number of hydrogen-bond donors (Lipinski definition) is 2. The Balaban J connectivity index is 2.19. The van der Waals surface area contributed by atoms with Crippen molar-refractivity contribution in [3.8, 4) is 5.75 Å². The number of rotatable bonds is 4. The Kier molecular flexibility index (Phi) is 3.90. The zero-order valence-corrected chi connectivity index (χ0v) is 11.0. The highest BCUT2D eigenvalue weighted by atomic mass is 19.1. The summed E-state index contributed by atoms with van der Waals surface area (Å²) in [6.07, 6.45) is 0. The van der Waals surface area contributed by atoms with Crippen molar-refractivity contribution in [1.82, 2.24) is 0 Å². The van der Waals surface area contributed by atoms with Crippen LogP contribution in [0.1, 0.15) is 18.5 Å². The van der Waals surface area contributed by atoms with Gasteiger partial charge in [-0.25, -0.2) is 4.39 Å². The molecule has 0 aliphatic heterocycles. The molecule has 0 saturated heterocycles. The molecule has 0 aliphatic carbocycles. The van der Waals surface area contributed by atoms with Gasteiger partial charge in [0.25, 0.3) is 0 Å². The predicted molar refractivity (Wildman–Crippen MR) is 75.8 cm³/mol. The zero-order valence-electron chi connectivity index (χ0n) is 11.0. The number of methoxy groups -OCH3 is 1. The smallest absolute Gasteiger partial charge is 0.143 e. The number of anilines is 2. The average molecular weight is 260 g/mol. The van der Waals surface area contributed by atoms with Gasteiger partial charge in [-0.2, -0.15) is 0 Å². The van der Waals surface area contributed by atoms with Gasteiger partial charge in [0.15, 0.2) is 0 Å². The number of nitrogens with two attached hydrogens (primary N) is 1. The minimum absolute atomic E-state index is 0.144. The van der Waals surface area contributed by atoms with Gasteiger partial charge in [0.2, 0.25) is 0 Å². The van der Waals surface area contributed by atoms with E-state index in [0.717, 1.165) is 5.69 Å². The Bertz CT molecular complexity index is 572. The molecule has 19 heavy (non-hydrogen) atoms. The molecular weight excluding hydrogens is 243 g/mol. The molecule has 4 heteroatoms. The third kappa shape index (κ3) is 2.96. The number of nitrogen functional groups attached to an aromatic ring is 1. The molecule has 0 aromatic heterocycles. The summed E-state index contributed by atoms with van der Waals surface area (Å²) in [6, 6.07) is 12.0. The molecule has 1 atom stereocenters. The lowest BCUT2D eigenvalue weighted by molar-refractivity contribution is 0.417. The van der Waals surface area contributed by atoms with E-state index in [4.69, 9.17) is 10.5 Å². The third-order valence-corrected chi connectivity index (χ3v) is 2.99. The lowest BCUT2D eigenvalue weighted by Crippen LogP contribution is -2.08. The summed E-state index contributed by atoms with van der Waals surface area (Å²) < 4.78 is 18.8. The van der Waals surface area contributed by atoms with Crippen LogP contribution in [0.5, 0.6) is 5.75 Å². The third-order valence-electron chi connectivity index (χ3n) is 2.99. The maximum Gasteiger partial charge on any atom is 0.143 e. The first-order valence-corrected chi connectivity index (χ1v) is 6.06. The fourth-order valence-electron chi connectivity index (χ4n) is 1.95. The van der Waals surface area contributed by atoms with Gasteiger partial charge in [0, 0.05) is 17.3 Å². The summed E-state index contributed by atoms with van der Waals surface area (Å²) in [5.41, 5.74) is 7.79. The SMILES string of the molecule is COc1cc(NC(C)c2ccccc2F)ccc1N.